The summed E-state index contributed by atoms with van der Waals surface area (Å²) >= 11 is 0. The summed E-state index contributed by atoms with van der Waals surface area (Å²) in [6.07, 6.45) is 1.48. The van der Waals surface area contributed by atoms with E-state index in [1.54, 1.807) is 0 Å². The van der Waals surface area contributed by atoms with Crippen molar-refractivity contribution in [3.05, 3.63) is 71.8 Å². The minimum atomic E-state index is -0.306. The summed E-state index contributed by atoms with van der Waals surface area (Å²) in [7, 11) is 0. The Bertz CT molecular complexity index is 759. The van der Waals surface area contributed by atoms with Gasteiger partial charge in [0.25, 0.3) is 0 Å². The second-order valence-electron chi connectivity index (χ2n) is 6.13. The van der Waals surface area contributed by atoms with Gasteiger partial charge in [-0.25, -0.2) is 10.9 Å². The Morgan fingerprint density at radius 3 is 1.36 bits per heavy atom. The molecule has 0 saturated heterocycles. The Morgan fingerprint density at radius 2 is 1.04 bits per heavy atom. The van der Waals surface area contributed by atoms with Crippen LogP contribution in [-0.2, 0) is 9.59 Å². The SMILES string of the molecule is CC/C(=N\NC(=O)CCC(=O)N/N=C(\CC)c1ccccc1)c1ccccc1. The first-order valence-electron chi connectivity index (χ1n) is 9.45. The second-order valence-corrected chi connectivity index (χ2v) is 6.13. The van der Waals surface area contributed by atoms with Gasteiger partial charge in [0.1, 0.15) is 0 Å². The van der Waals surface area contributed by atoms with E-state index in [0.717, 1.165) is 22.6 Å². The zero-order valence-corrected chi connectivity index (χ0v) is 16.3. The number of nitrogens with zero attached hydrogens (tertiary/aromatic N) is 2. The van der Waals surface area contributed by atoms with Crippen LogP contribution >= 0.6 is 0 Å². The maximum atomic E-state index is 12.0. The highest BCUT2D eigenvalue weighted by Crippen LogP contribution is 2.05. The third kappa shape index (κ3) is 6.79. The minimum absolute atomic E-state index is 0.0451. The van der Waals surface area contributed by atoms with E-state index in [4.69, 9.17) is 0 Å². The molecule has 2 N–H and O–H groups in total. The summed E-state index contributed by atoms with van der Waals surface area (Å²) in [6.45, 7) is 3.95. The third-order valence-corrected chi connectivity index (χ3v) is 4.09. The quantitative estimate of drug-likeness (QED) is 0.516. The number of hydrogen-bond donors (Lipinski definition) is 2. The number of carbonyl (C=O) groups is 2. The highest BCUT2D eigenvalue weighted by Gasteiger charge is 2.08. The van der Waals surface area contributed by atoms with Gasteiger partial charge in [-0.2, -0.15) is 10.2 Å². The van der Waals surface area contributed by atoms with Gasteiger partial charge in [-0.05, 0) is 24.0 Å². The summed E-state index contributed by atoms with van der Waals surface area (Å²) in [5.74, 6) is -0.612. The molecular weight excluding hydrogens is 352 g/mol. The molecule has 0 saturated carbocycles. The fraction of sp³-hybridized carbons (Fsp3) is 0.273. The van der Waals surface area contributed by atoms with E-state index < -0.39 is 0 Å². The molecule has 0 aliphatic heterocycles. The average molecular weight is 378 g/mol. The molecule has 146 valence electrons. The van der Waals surface area contributed by atoms with E-state index in [1.807, 2.05) is 74.5 Å². The number of hydrazone groups is 2. The lowest BCUT2D eigenvalue weighted by Gasteiger charge is -2.06. The van der Waals surface area contributed by atoms with Crippen LogP contribution in [0.3, 0.4) is 0 Å². The number of hydrogen-bond acceptors (Lipinski definition) is 4. The van der Waals surface area contributed by atoms with Crippen molar-refractivity contribution >= 4 is 23.2 Å². The summed E-state index contributed by atoms with van der Waals surface area (Å²) in [5, 5.41) is 8.35. The van der Waals surface area contributed by atoms with Crippen molar-refractivity contribution in [2.75, 3.05) is 0 Å². The zero-order valence-electron chi connectivity index (χ0n) is 16.3. The lowest BCUT2D eigenvalue weighted by molar-refractivity contribution is -0.126. The standard InChI is InChI=1S/C22H26N4O2/c1-3-19(17-11-7-5-8-12-17)23-25-21(27)15-16-22(28)26-24-20(4-2)18-13-9-6-10-14-18/h5-14H,3-4,15-16H2,1-2H3,(H,25,27)(H,26,28)/b23-19+,24-20+. The monoisotopic (exact) mass is 378 g/mol. The molecule has 6 heteroatoms. The Hall–Kier alpha value is -3.28. The molecule has 0 aliphatic carbocycles. The van der Waals surface area contributed by atoms with Crippen LogP contribution < -0.4 is 10.9 Å². The number of amides is 2. The van der Waals surface area contributed by atoms with E-state index >= 15 is 0 Å². The molecule has 6 nitrogen and oxygen atoms in total. The molecule has 2 aromatic carbocycles. The highest BCUT2D eigenvalue weighted by atomic mass is 16.2. The van der Waals surface area contributed by atoms with Crippen molar-refractivity contribution in [3.63, 3.8) is 0 Å². The van der Waals surface area contributed by atoms with E-state index in [2.05, 4.69) is 21.1 Å². The maximum Gasteiger partial charge on any atom is 0.240 e. The molecule has 28 heavy (non-hydrogen) atoms. The molecule has 0 aromatic heterocycles. The summed E-state index contributed by atoms with van der Waals surface area (Å²) < 4.78 is 0. The molecule has 2 aromatic rings. The molecule has 0 heterocycles. The number of carbonyl (C=O) groups excluding carboxylic acids is 2. The molecule has 0 bridgehead atoms. The van der Waals surface area contributed by atoms with Gasteiger partial charge >= 0.3 is 0 Å². The molecule has 0 aliphatic rings. The molecule has 0 spiro atoms. The zero-order chi connectivity index (χ0) is 20.2. The lowest BCUT2D eigenvalue weighted by atomic mass is 10.1. The molecule has 0 atom stereocenters. The molecular formula is C22H26N4O2. The van der Waals surface area contributed by atoms with Gasteiger partial charge in [0.2, 0.25) is 11.8 Å². The molecule has 2 amide bonds. The lowest BCUT2D eigenvalue weighted by Crippen LogP contribution is -2.24. The van der Waals surface area contributed by atoms with Crippen LogP contribution in [-0.4, -0.2) is 23.2 Å². The van der Waals surface area contributed by atoms with Gasteiger partial charge in [0.15, 0.2) is 0 Å². The van der Waals surface area contributed by atoms with Crippen LogP contribution in [0.15, 0.2) is 70.9 Å². The summed E-state index contributed by atoms with van der Waals surface area (Å²) in [5.41, 5.74) is 8.55. The van der Waals surface area contributed by atoms with Crippen LogP contribution in [0, 0.1) is 0 Å². The predicted octanol–water partition coefficient (Wildman–Crippen LogP) is 3.63. The minimum Gasteiger partial charge on any atom is -0.273 e. The van der Waals surface area contributed by atoms with Gasteiger partial charge in [0.05, 0.1) is 11.4 Å². The maximum absolute atomic E-state index is 12.0. The van der Waals surface area contributed by atoms with Gasteiger partial charge in [-0.1, -0.05) is 74.5 Å². The molecule has 0 unspecified atom stereocenters. The van der Waals surface area contributed by atoms with Crippen LogP contribution in [0.4, 0.5) is 0 Å². The highest BCUT2D eigenvalue weighted by molar-refractivity contribution is 6.01. The number of nitrogens with one attached hydrogen (secondary N) is 2. The first kappa shape index (κ1) is 21.0. The Morgan fingerprint density at radius 1 is 0.679 bits per heavy atom. The topological polar surface area (TPSA) is 82.9 Å². The van der Waals surface area contributed by atoms with Crippen molar-refractivity contribution in [2.24, 2.45) is 10.2 Å². The second kappa shape index (κ2) is 11.4. The van der Waals surface area contributed by atoms with E-state index in [0.29, 0.717) is 12.8 Å². The molecule has 2 rings (SSSR count). The van der Waals surface area contributed by atoms with Gasteiger partial charge < -0.3 is 0 Å². The van der Waals surface area contributed by atoms with Crippen molar-refractivity contribution in [1.29, 1.82) is 0 Å². The van der Waals surface area contributed by atoms with Gasteiger partial charge in [-0.15, -0.1) is 0 Å². The van der Waals surface area contributed by atoms with Crippen LogP contribution in [0.2, 0.25) is 0 Å². The predicted molar refractivity (Wildman–Crippen MR) is 112 cm³/mol. The molecule has 0 radical (unpaired) electrons. The Labute approximate surface area is 165 Å². The van der Waals surface area contributed by atoms with Crippen molar-refractivity contribution < 1.29 is 9.59 Å². The number of rotatable bonds is 9. The van der Waals surface area contributed by atoms with Crippen molar-refractivity contribution in [3.8, 4) is 0 Å². The fourth-order valence-electron chi connectivity index (χ4n) is 2.56. The molecule has 0 fully saturated rings. The van der Waals surface area contributed by atoms with E-state index in [-0.39, 0.29) is 24.7 Å². The average Bonchev–Trinajstić information content (AvgIpc) is 2.74. The smallest absolute Gasteiger partial charge is 0.240 e. The van der Waals surface area contributed by atoms with Crippen LogP contribution in [0.1, 0.15) is 50.7 Å². The number of benzene rings is 2. The van der Waals surface area contributed by atoms with Gasteiger partial charge in [0, 0.05) is 12.8 Å². The summed E-state index contributed by atoms with van der Waals surface area (Å²) in [4.78, 5) is 24.0. The van der Waals surface area contributed by atoms with Crippen molar-refractivity contribution in [2.45, 2.75) is 39.5 Å². The van der Waals surface area contributed by atoms with E-state index in [9.17, 15) is 9.59 Å². The summed E-state index contributed by atoms with van der Waals surface area (Å²) in [6, 6.07) is 19.3. The van der Waals surface area contributed by atoms with Crippen molar-refractivity contribution in [1.82, 2.24) is 10.9 Å². The van der Waals surface area contributed by atoms with Gasteiger partial charge in [-0.3, -0.25) is 9.59 Å². The Balaban J connectivity index is 1.82. The third-order valence-electron chi connectivity index (χ3n) is 4.09. The largest absolute Gasteiger partial charge is 0.273 e. The van der Waals surface area contributed by atoms with Crippen LogP contribution in [0.25, 0.3) is 0 Å². The van der Waals surface area contributed by atoms with E-state index in [1.165, 1.54) is 0 Å². The van der Waals surface area contributed by atoms with Crippen LogP contribution in [0.5, 0.6) is 0 Å². The fourth-order valence-corrected chi connectivity index (χ4v) is 2.56. The normalized spacial score (nSPS) is 11.8. The Kier molecular flexibility index (Phi) is 8.59. The first-order chi connectivity index (χ1) is 13.6. The first-order valence-corrected chi connectivity index (χ1v) is 9.45.